The van der Waals surface area contributed by atoms with E-state index in [-0.39, 0.29) is 18.4 Å². The first-order valence-corrected chi connectivity index (χ1v) is 15.7. The van der Waals surface area contributed by atoms with Crippen LogP contribution in [-0.4, -0.2) is 84.0 Å². The molecule has 11 heteroatoms. The number of likely N-dealkylation sites (tertiary alicyclic amines) is 1. The lowest BCUT2D eigenvalue weighted by Gasteiger charge is -2.42. The molecule has 244 valence electrons. The van der Waals surface area contributed by atoms with Gasteiger partial charge in [-0.3, -0.25) is 14.7 Å². The van der Waals surface area contributed by atoms with Gasteiger partial charge in [-0.1, -0.05) is 0 Å². The van der Waals surface area contributed by atoms with Crippen LogP contribution < -0.4 is 4.74 Å². The Labute approximate surface area is 261 Å². The van der Waals surface area contributed by atoms with Crippen molar-refractivity contribution in [2.45, 2.75) is 57.6 Å². The molecule has 45 heavy (non-hydrogen) atoms. The standard InChI is InChI=1S/C34H42F3N3O5/c1-44-25-4-5-30-27(19-25)33(23(21-38-30)22-40-13-15-45-16-14-40)31(41)6-7-34(20-32(42)43)8-11-39(12-9-34)10-2-3-26-28(36)17-24(35)18-29(26)37/h4-5,17-19,21,31,41H,2-3,6-16,20,22H2,1H3,(H,42,43). The maximum absolute atomic E-state index is 14.1. The third-order valence-corrected chi connectivity index (χ3v) is 9.43. The zero-order valence-corrected chi connectivity index (χ0v) is 25.7. The average molecular weight is 630 g/mol. The number of aliphatic hydroxyl groups is 1. The minimum Gasteiger partial charge on any atom is -0.497 e. The predicted molar refractivity (Wildman–Crippen MR) is 164 cm³/mol. The lowest BCUT2D eigenvalue weighted by molar-refractivity contribution is -0.141. The third-order valence-electron chi connectivity index (χ3n) is 9.43. The highest BCUT2D eigenvalue weighted by atomic mass is 19.1. The monoisotopic (exact) mass is 629 g/mol. The molecule has 2 saturated heterocycles. The first kappa shape index (κ1) is 33.1. The number of pyridine rings is 1. The van der Waals surface area contributed by atoms with Crippen molar-refractivity contribution < 1.29 is 37.7 Å². The molecule has 0 saturated carbocycles. The van der Waals surface area contributed by atoms with Crippen LogP contribution in [0.5, 0.6) is 5.75 Å². The van der Waals surface area contributed by atoms with Crippen LogP contribution in [0.25, 0.3) is 10.9 Å². The maximum Gasteiger partial charge on any atom is 0.303 e. The highest BCUT2D eigenvalue weighted by Crippen LogP contribution is 2.42. The molecule has 3 heterocycles. The summed E-state index contributed by atoms with van der Waals surface area (Å²) in [6.45, 7) is 5.40. The van der Waals surface area contributed by atoms with E-state index in [4.69, 9.17) is 9.47 Å². The Kier molecular flexibility index (Phi) is 11.0. The summed E-state index contributed by atoms with van der Waals surface area (Å²) in [5.74, 6) is -2.89. The molecule has 2 aromatic carbocycles. The number of aliphatic hydroxyl groups excluding tert-OH is 1. The summed E-state index contributed by atoms with van der Waals surface area (Å²) in [5.41, 5.74) is 1.89. The lowest BCUT2D eigenvalue weighted by atomic mass is 9.71. The Hall–Kier alpha value is -3.25. The Morgan fingerprint density at radius 1 is 1.07 bits per heavy atom. The molecule has 0 amide bonds. The number of halogens is 3. The topological polar surface area (TPSA) is 95.4 Å². The number of piperidine rings is 1. The zero-order chi connectivity index (χ0) is 32.0. The van der Waals surface area contributed by atoms with Gasteiger partial charge in [-0.05, 0) is 92.9 Å². The van der Waals surface area contributed by atoms with Crippen molar-refractivity contribution in [3.05, 3.63) is 70.7 Å². The molecule has 2 fully saturated rings. The van der Waals surface area contributed by atoms with Gasteiger partial charge in [-0.15, -0.1) is 0 Å². The molecule has 2 aliphatic heterocycles. The zero-order valence-electron chi connectivity index (χ0n) is 25.7. The van der Waals surface area contributed by atoms with Gasteiger partial charge >= 0.3 is 5.97 Å². The molecule has 0 spiro atoms. The number of morpholine rings is 1. The molecule has 1 aromatic heterocycles. The van der Waals surface area contributed by atoms with Gasteiger partial charge in [0.15, 0.2) is 0 Å². The van der Waals surface area contributed by atoms with Gasteiger partial charge in [0.05, 0.1) is 38.4 Å². The second-order valence-corrected chi connectivity index (χ2v) is 12.4. The molecular weight excluding hydrogens is 587 g/mol. The fourth-order valence-electron chi connectivity index (χ4n) is 6.84. The highest BCUT2D eigenvalue weighted by molar-refractivity contribution is 5.85. The first-order valence-electron chi connectivity index (χ1n) is 15.7. The molecule has 0 radical (unpaired) electrons. The maximum atomic E-state index is 14.1. The van der Waals surface area contributed by atoms with Crippen molar-refractivity contribution in [3.63, 3.8) is 0 Å². The minimum atomic E-state index is -0.935. The molecule has 3 aromatic rings. The molecule has 1 unspecified atom stereocenters. The van der Waals surface area contributed by atoms with E-state index in [0.717, 1.165) is 35.1 Å². The number of methoxy groups -OCH3 is 1. The normalized spacial score (nSPS) is 18.2. The Morgan fingerprint density at radius 3 is 2.44 bits per heavy atom. The van der Waals surface area contributed by atoms with E-state index in [1.165, 1.54) is 0 Å². The van der Waals surface area contributed by atoms with Crippen molar-refractivity contribution in [2.75, 3.05) is 53.0 Å². The van der Waals surface area contributed by atoms with Crippen molar-refractivity contribution >= 4 is 16.9 Å². The van der Waals surface area contributed by atoms with E-state index in [9.17, 15) is 28.2 Å². The molecule has 2 N–H and O–H groups in total. The Morgan fingerprint density at radius 2 is 1.78 bits per heavy atom. The number of hydrogen-bond donors (Lipinski definition) is 2. The molecule has 2 aliphatic rings. The predicted octanol–water partition coefficient (Wildman–Crippen LogP) is 5.50. The fourth-order valence-corrected chi connectivity index (χ4v) is 6.84. The van der Waals surface area contributed by atoms with Crippen LogP contribution in [0.1, 0.15) is 61.3 Å². The van der Waals surface area contributed by atoms with Gasteiger partial charge in [-0.25, -0.2) is 13.2 Å². The number of carboxylic acids is 1. The minimum absolute atomic E-state index is 0.00507. The van der Waals surface area contributed by atoms with E-state index in [1.807, 2.05) is 24.4 Å². The summed E-state index contributed by atoms with van der Waals surface area (Å²) < 4.78 is 52.3. The fraction of sp³-hybridized carbons (Fsp3) is 0.529. The highest BCUT2D eigenvalue weighted by Gasteiger charge is 2.37. The van der Waals surface area contributed by atoms with Crippen molar-refractivity contribution in [1.82, 2.24) is 14.8 Å². The largest absolute Gasteiger partial charge is 0.497 e. The second-order valence-electron chi connectivity index (χ2n) is 12.4. The van der Waals surface area contributed by atoms with E-state index in [1.54, 1.807) is 7.11 Å². The second kappa shape index (κ2) is 14.9. The van der Waals surface area contributed by atoms with Crippen LogP contribution >= 0.6 is 0 Å². The molecule has 1 atom stereocenters. The van der Waals surface area contributed by atoms with Crippen molar-refractivity contribution in [3.8, 4) is 5.75 Å². The summed E-state index contributed by atoms with van der Waals surface area (Å²) in [7, 11) is 1.60. The van der Waals surface area contributed by atoms with Gasteiger partial charge in [0.25, 0.3) is 0 Å². The van der Waals surface area contributed by atoms with E-state index in [0.29, 0.717) is 89.4 Å². The van der Waals surface area contributed by atoms with Gasteiger partial charge < -0.3 is 24.6 Å². The van der Waals surface area contributed by atoms with Crippen LogP contribution in [-0.2, 0) is 22.5 Å². The molecule has 5 rings (SSSR count). The Balaban J connectivity index is 1.27. The number of benzene rings is 2. The number of ether oxygens (including phenoxy) is 2. The number of rotatable bonds is 13. The van der Waals surface area contributed by atoms with Crippen molar-refractivity contribution in [1.29, 1.82) is 0 Å². The summed E-state index contributed by atoms with van der Waals surface area (Å²) in [6, 6.07) is 7.02. The van der Waals surface area contributed by atoms with E-state index >= 15 is 0 Å². The molecule has 8 nitrogen and oxygen atoms in total. The number of nitrogens with zero attached hydrogens (tertiary/aromatic N) is 3. The van der Waals surface area contributed by atoms with Crippen LogP contribution in [0, 0.1) is 22.9 Å². The number of carboxylic acid groups (broad SMARTS) is 1. The summed E-state index contributed by atoms with van der Waals surface area (Å²) in [5, 5.41) is 22.4. The third kappa shape index (κ3) is 8.32. The van der Waals surface area contributed by atoms with Crippen LogP contribution in [0.3, 0.4) is 0 Å². The van der Waals surface area contributed by atoms with Crippen LogP contribution in [0.15, 0.2) is 36.5 Å². The molecule has 0 aliphatic carbocycles. The van der Waals surface area contributed by atoms with E-state index in [2.05, 4.69) is 14.8 Å². The SMILES string of the molecule is COc1ccc2ncc(CN3CCOCC3)c(C(O)CCC3(CC(=O)O)CCN(CCCc4c(F)cc(F)cc4F)CC3)c2c1. The lowest BCUT2D eigenvalue weighted by Crippen LogP contribution is -2.42. The van der Waals surface area contributed by atoms with Crippen molar-refractivity contribution in [2.24, 2.45) is 5.41 Å². The smallest absolute Gasteiger partial charge is 0.303 e. The quantitative estimate of drug-likeness (QED) is 0.256. The number of hydrogen-bond acceptors (Lipinski definition) is 7. The van der Waals surface area contributed by atoms with Gasteiger partial charge in [0.1, 0.15) is 23.2 Å². The average Bonchev–Trinajstić information content (AvgIpc) is 3.02. The van der Waals surface area contributed by atoms with Crippen LogP contribution in [0.4, 0.5) is 13.2 Å². The number of aliphatic carboxylic acids is 1. The number of aromatic nitrogens is 1. The van der Waals surface area contributed by atoms with E-state index < -0.39 is 34.9 Å². The van der Waals surface area contributed by atoms with Gasteiger partial charge in [0, 0.05) is 48.9 Å². The Bertz CT molecular complexity index is 1450. The number of carbonyl (C=O) groups is 1. The van der Waals surface area contributed by atoms with Gasteiger partial charge in [0.2, 0.25) is 0 Å². The summed E-state index contributed by atoms with van der Waals surface area (Å²) in [6.07, 6.45) is 3.85. The summed E-state index contributed by atoms with van der Waals surface area (Å²) >= 11 is 0. The summed E-state index contributed by atoms with van der Waals surface area (Å²) in [4.78, 5) is 21.1. The van der Waals surface area contributed by atoms with Crippen LogP contribution in [0.2, 0.25) is 0 Å². The molecule has 0 bridgehead atoms. The first-order chi connectivity index (χ1) is 21.7. The number of fused-ring (bicyclic) bond motifs is 1. The van der Waals surface area contributed by atoms with Gasteiger partial charge in [-0.2, -0.15) is 0 Å². The molecular formula is C34H42F3N3O5.